The number of hydrogen-bond donors (Lipinski definition) is 2. The molecule has 0 saturated carbocycles. The van der Waals surface area contributed by atoms with Crippen LogP contribution in [0.1, 0.15) is 24.1 Å². The SMILES string of the molecule is CC(C(=O)NCc1cnn(C)c1)C(N)c1ccccc1. The lowest BCUT2D eigenvalue weighted by molar-refractivity contribution is -0.125. The van der Waals surface area contributed by atoms with Gasteiger partial charge >= 0.3 is 0 Å². The van der Waals surface area contributed by atoms with Crippen LogP contribution in [0.15, 0.2) is 42.7 Å². The normalized spacial score (nSPS) is 13.8. The zero-order chi connectivity index (χ0) is 14.5. The summed E-state index contributed by atoms with van der Waals surface area (Å²) in [5.41, 5.74) is 8.08. The van der Waals surface area contributed by atoms with E-state index in [4.69, 9.17) is 5.73 Å². The Morgan fingerprint density at radius 3 is 2.70 bits per heavy atom. The van der Waals surface area contributed by atoms with Crippen LogP contribution in [0.2, 0.25) is 0 Å². The van der Waals surface area contributed by atoms with Crippen molar-refractivity contribution in [1.82, 2.24) is 15.1 Å². The summed E-state index contributed by atoms with van der Waals surface area (Å²) in [5.74, 6) is -0.334. The molecule has 0 spiro atoms. The number of carbonyl (C=O) groups excluding carboxylic acids is 1. The monoisotopic (exact) mass is 272 g/mol. The Hall–Kier alpha value is -2.14. The molecule has 1 heterocycles. The Bertz CT molecular complexity index is 564. The zero-order valence-corrected chi connectivity index (χ0v) is 11.8. The Morgan fingerprint density at radius 2 is 2.10 bits per heavy atom. The topological polar surface area (TPSA) is 72.9 Å². The summed E-state index contributed by atoms with van der Waals surface area (Å²) in [6.45, 7) is 2.31. The van der Waals surface area contributed by atoms with Crippen molar-refractivity contribution in [1.29, 1.82) is 0 Å². The van der Waals surface area contributed by atoms with Crippen molar-refractivity contribution < 1.29 is 4.79 Å². The van der Waals surface area contributed by atoms with Crippen LogP contribution in [0.5, 0.6) is 0 Å². The fourth-order valence-corrected chi connectivity index (χ4v) is 2.04. The number of benzene rings is 1. The third kappa shape index (κ3) is 3.45. The highest BCUT2D eigenvalue weighted by atomic mass is 16.1. The third-order valence-corrected chi connectivity index (χ3v) is 3.36. The molecule has 0 aliphatic carbocycles. The van der Waals surface area contributed by atoms with Crippen molar-refractivity contribution in [2.75, 3.05) is 0 Å². The van der Waals surface area contributed by atoms with Gasteiger partial charge in [-0.15, -0.1) is 0 Å². The van der Waals surface area contributed by atoms with Crippen LogP contribution < -0.4 is 11.1 Å². The highest BCUT2D eigenvalue weighted by Crippen LogP contribution is 2.19. The molecule has 20 heavy (non-hydrogen) atoms. The minimum atomic E-state index is -0.301. The molecule has 0 bridgehead atoms. The van der Waals surface area contributed by atoms with Gasteiger partial charge in [-0.1, -0.05) is 37.3 Å². The van der Waals surface area contributed by atoms with Gasteiger partial charge in [0.1, 0.15) is 0 Å². The Morgan fingerprint density at radius 1 is 1.40 bits per heavy atom. The van der Waals surface area contributed by atoms with E-state index in [1.165, 1.54) is 0 Å². The number of rotatable bonds is 5. The van der Waals surface area contributed by atoms with E-state index in [0.717, 1.165) is 11.1 Å². The number of nitrogens with two attached hydrogens (primary N) is 1. The van der Waals surface area contributed by atoms with Crippen LogP contribution in [-0.4, -0.2) is 15.7 Å². The first-order chi connectivity index (χ1) is 9.58. The second-order valence-corrected chi connectivity index (χ2v) is 4.97. The molecule has 0 saturated heterocycles. The van der Waals surface area contributed by atoms with Crippen molar-refractivity contribution in [3.63, 3.8) is 0 Å². The van der Waals surface area contributed by atoms with Gasteiger partial charge in [0, 0.05) is 31.4 Å². The molecule has 2 aromatic rings. The van der Waals surface area contributed by atoms with Crippen LogP contribution >= 0.6 is 0 Å². The van der Waals surface area contributed by atoms with Crippen LogP contribution in [0, 0.1) is 5.92 Å². The first-order valence-electron chi connectivity index (χ1n) is 6.63. The molecule has 0 fully saturated rings. The quantitative estimate of drug-likeness (QED) is 0.863. The lowest BCUT2D eigenvalue weighted by Crippen LogP contribution is -2.35. The molecule has 0 aliphatic heterocycles. The lowest BCUT2D eigenvalue weighted by atomic mass is 9.94. The minimum absolute atomic E-state index is 0.0507. The predicted octanol–water partition coefficient (Wildman–Crippen LogP) is 1.37. The maximum Gasteiger partial charge on any atom is 0.225 e. The van der Waals surface area contributed by atoms with Crippen LogP contribution in [-0.2, 0) is 18.4 Å². The first kappa shape index (κ1) is 14.3. The largest absolute Gasteiger partial charge is 0.352 e. The Labute approximate surface area is 118 Å². The molecular weight excluding hydrogens is 252 g/mol. The van der Waals surface area contributed by atoms with E-state index in [2.05, 4.69) is 10.4 Å². The molecule has 2 unspecified atom stereocenters. The van der Waals surface area contributed by atoms with Crippen molar-refractivity contribution in [2.45, 2.75) is 19.5 Å². The summed E-state index contributed by atoms with van der Waals surface area (Å²) in [4.78, 5) is 12.1. The first-order valence-corrected chi connectivity index (χ1v) is 6.63. The van der Waals surface area contributed by atoms with E-state index in [0.29, 0.717) is 6.54 Å². The Balaban J connectivity index is 1.91. The lowest BCUT2D eigenvalue weighted by Gasteiger charge is -2.19. The van der Waals surface area contributed by atoms with E-state index >= 15 is 0 Å². The highest BCUT2D eigenvalue weighted by molar-refractivity contribution is 5.79. The molecule has 0 radical (unpaired) electrons. The molecule has 5 heteroatoms. The maximum absolute atomic E-state index is 12.1. The van der Waals surface area contributed by atoms with E-state index in [1.807, 2.05) is 50.5 Å². The number of hydrogen-bond acceptors (Lipinski definition) is 3. The van der Waals surface area contributed by atoms with E-state index in [-0.39, 0.29) is 17.9 Å². The van der Waals surface area contributed by atoms with Gasteiger partial charge in [0.25, 0.3) is 0 Å². The number of nitrogens with one attached hydrogen (secondary N) is 1. The fraction of sp³-hybridized carbons (Fsp3) is 0.333. The van der Waals surface area contributed by atoms with Gasteiger partial charge in [-0.25, -0.2) is 0 Å². The molecule has 106 valence electrons. The smallest absolute Gasteiger partial charge is 0.225 e. The van der Waals surface area contributed by atoms with Gasteiger partial charge in [-0.05, 0) is 5.56 Å². The number of carbonyl (C=O) groups is 1. The molecule has 2 rings (SSSR count). The van der Waals surface area contributed by atoms with Crippen molar-refractivity contribution >= 4 is 5.91 Å². The molecule has 1 aromatic carbocycles. The summed E-state index contributed by atoms with van der Waals surface area (Å²) in [7, 11) is 1.85. The number of aryl methyl sites for hydroxylation is 1. The summed E-state index contributed by atoms with van der Waals surface area (Å²) >= 11 is 0. The third-order valence-electron chi connectivity index (χ3n) is 3.36. The number of nitrogens with zero attached hydrogens (tertiary/aromatic N) is 2. The molecular formula is C15H20N4O. The Kier molecular flexibility index (Phi) is 4.53. The highest BCUT2D eigenvalue weighted by Gasteiger charge is 2.21. The molecule has 5 nitrogen and oxygen atoms in total. The van der Waals surface area contributed by atoms with Gasteiger partial charge in [-0.2, -0.15) is 5.10 Å². The number of aromatic nitrogens is 2. The second kappa shape index (κ2) is 6.34. The molecule has 0 aliphatic rings. The zero-order valence-electron chi connectivity index (χ0n) is 11.8. The predicted molar refractivity (Wildman–Crippen MR) is 77.6 cm³/mol. The minimum Gasteiger partial charge on any atom is -0.352 e. The molecule has 1 amide bonds. The average molecular weight is 272 g/mol. The van der Waals surface area contributed by atoms with Gasteiger partial charge in [0.05, 0.1) is 12.1 Å². The van der Waals surface area contributed by atoms with Crippen molar-refractivity contribution in [3.05, 3.63) is 53.9 Å². The van der Waals surface area contributed by atoms with Crippen LogP contribution in [0.4, 0.5) is 0 Å². The molecule has 2 atom stereocenters. The van der Waals surface area contributed by atoms with Crippen LogP contribution in [0.25, 0.3) is 0 Å². The summed E-state index contributed by atoms with van der Waals surface area (Å²) < 4.78 is 1.71. The van der Waals surface area contributed by atoms with Gasteiger partial charge in [-0.3, -0.25) is 9.48 Å². The summed E-state index contributed by atoms with van der Waals surface area (Å²) in [6, 6.07) is 9.37. The number of amides is 1. The maximum atomic E-state index is 12.1. The van der Waals surface area contributed by atoms with Crippen molar-refractivity contribution in [3.8, 4) is 0 Å². The summed E-state index contributed by atoms with van der Waals surface area (Å²) in [6.07, 6.45) is 3.62. The van der Waals surface area contributed by atoms with E-state index in [9.17, 15) is 4.79 Å². The van der Waals surface area contributed by atoms with Gasteiger partial charge in [0.15, 0.2) is 0 Å². The van der Waals surface area contributed by atoms with Gasteiger partial charge < -0.3 is 11.1 Å². The van der Waals surface area contributed by atoms with Gasteiger partial charge in [0.2, 0.25) is 5.91 Å². The molecule has 1 aromatic heterocycles. The van der Waals surface area contributed by atoms with E-state index < -0.39 is 0 Å². The van der Waals surface area contributed by atoms with Crippen molar-refractivity contribution in [2.24, 2.45) is 18.7 Å². The van der Waals surface area contributed by atoms with Crippen LogP contribution in [0.3, 0.4) is 0 Å². The second-order valence-electron chi connectivity index (χ2n) is 4.97. The average Bonchev–Trinajstić information content (AvgIpc) is 2.89. The molecule has 3 N–H and O–H groups in total. The fourth-order valence-electron chi connectivity index (χ4n) is 2.04. The van der Waals surface area contributed by atoms with E-state index in [1.54, 1.807) is 10.9 Å². The standard InChI is InChI=1S/C15H20N4O/c1-11(14(16)13-6-4-3-5-7-13)15(20)17-8-12-9-18-19(2)10-12/h3-7,9-11,14H,8,16H2,1-2H3,(H,17,20). The summed E-state index contributed by atoms with van der Waals surface area (Å²) in [5, 5.41) is 6.95.